The van der Waals surface area contributed by atoms with Crippen LogP contribution < -0.4 is 16.6 Å². The third-order valence-electron chi connectivity index (χ3n) is 3.52. The van der Waals surface area contributed by atoms with Crippen molar-refractivity contribution in [1.29, 1.82) is 0 Å². The van der Waals surface area contributed by atoms with Gasteiger partial charge in [-0.25, -0.2) is 10.8 Å². The molecule has 0 atom stereocenters. The largest absolute Gasteiger partial charge is 0.352 e. The number of carbonyl (C=O) groups excluding carboxylic acids is 1. The summed E-state index contributed by atoms with van der Waals surface area (Å²) >= 11 is 5.82. The Bertz CT molecular complexity index is 446. The van der Waals surface area contributed by atoms with E-state index < -0.39 is 0 Å². The first-order chi connectivity index (χ1) is 9.19. The predicted molar refractivity (Wildman–Crippen MR) is 76.0 cm³/mol. The number of aromatic nitrogens is 1. The first-order valence-electron chi connectivity index (χ1n) is 6.61. The van der Waals surface area contributed by atoms with Crippen LogP contribution in [0.3, 0.4) is 0 Å². The molecule has 104 valence electrons. The van der Waals surface area contributed by atoms with Gasteiger partial charge in [0, 0.05) is 12.1 Å². The van der Waals surface area contributed by atoms with Crippen LogP contribution >= 0.6 is 11.6 Å². The van der Waals surface area contributed by atoms with E-state index >= 15 is 0 Å². The minimum Gasteiger partial charge on any atom is -0.352 e. The van der Waals surface area contributed by atoms with Crippen LogP contribution in [0.15, 0.2) is 12.1 Å². The lowest BCUT2D eigenvalue weighted by Gasteiger charge is -2.10. The van der Waals surface area contributed by atoms with Crippen LogP contribution in [0.1, 0.15) is 42.5 Å². The van der Waals surface area contributed by atoms with Crippen LogP contribution in [0.5, 0.6) is 0 Å². The maximum absolute atomic E-state index is 12.0. The number of pyridine rings is 1. The molecule has 1 amide bonds. The maximum atomic E-state index is 12.0. The summed E-state index contributed by atoms with van der Waals surface area (Å²) < 4.78 is 0. The van der Waals surface area contributed by atoms with E-state index in [1.54, 1.807) is 6.07 Å². The van der Waals surface area contributed by atoms with Crippen molar-refractivity contribution in [2.75, 3.05) is 12.0 Å². The molecule has 1 fully saturated rings. The zero-order chi connectivity index (χ0) is 13.7. The molecule has 1 aromatic heterocycles. The highest BCUT2D eigenvalue weighted by atomic mass is 35.5. The molecular formula is C13H19ClN4O. The number of hydrogen-bond donors (Lipinski definition) is 3. The van der Waals surface area contributed by atoms with E-state index in [0.717, 1.165) is 12.3 Å². The van der Waals surface area contributed by atoms with Gasteiger partial charge >= 0.3 is 0 Å². The van der Waals surface area contributed by atoms with Gasteiger partial charge in [0.15, 0.2) is 0 Å². The second kappa shape index (κ2) is 6.73. The van der Waals surface area contributed by atoms with Gasteiger partial charge in [-0.3, -0.25) is 4.79 Å². The molecule has 1 saturated carbocycles. The number of nitrogens with zero attached hydrogens (tertiary/aromatic N) is 1. The van der Waals surface area contributed by atoms with Crippen LogP contribution in [0.2, 0.25) is 5.15 Å². The highest BCUT2D eigenvalue weighted by molar-refractivity contribution is 6.29. The van der Waals surface area contributed by atoms with E-state index in [1.807, 2.05) is 0 Å². The molecule has 0 radical (unpaired) electrons. The van der Waals surface area contributed by atoms with Crippen LogP contribution in [0, 0.1) is 5.92 Å². The van der Waals surface area contributed by atoms with Crippen LogP contribution in [-0.2, 0) is 0 Å². The Morgan fingerprint density at radius 1 is 1.42 bits per heavy atom. The first kappa shape index (κ1) is 14.1. The fraction of sp³-hybridized carbons (Fsp3) is 0.538. The summed E-state index contributed by atoms with van der Waals surface area (Å²) in [6, 6.07) is 3.12. The number of anilines is 1. The number of halogens is 1. The molecule has 6 heteroatoms. The molecule has 1 aromatic rings. The van der Waals surface area contributed by atoms with E-state index in [9.17, 15) is 4.79 Å². The lowest BCUT2D eigenvalue weighted by atomic mass is 10.0. The molecule has 0 saturated heterocycles. The van der Waals surface area contributed by atoms with Gasteiger partial charge in [0.2, 0.25) is 0 Å². The van der Waals surface area contributed by atoms with Crippen molar-refractivity contribution in [3.63, 3.8) is 0 Å². The third kappa shape index (κ3) is 4.08. The zero-order valence-electron chi connectivity index (χ0n) is 10.8. The Labute approximate surface area is 117 Å². The number of nitrogen functional groups attached to an aromatic ring is 1. The summed E-state index contributed by atoms with van der Waals surface area (Å²) in [5.41, 5.74) is 2.86. The highest BCUT2D eigenvalue weighted by Gasteiger charge is 2.15. The SMILES string of the molecule is NNc1cc(C(=O)NCCC2CCCC2)cc(Cl)n1. The molecule has 0 unspecified atom stereocenters. The van der Waals surface area contributed by atoms with Gasteiger partial charge in [0.1, 0.15) is 11.0 Å². The molecule has 0 bridgehead atoms. The van der Waals surface area contributed by atoms with Crippen LogP contribution in [0.25, 0.3) is 0 Å². The summed E-state index contributed by atoms with van der Waals surface area (Å²) in [5.74, 6) is 6.28. The summed E-state index contributed by atoms with van der Waals surface area (Å²) in [6.45, 7) is 0.703. The molecule has 4 N–H and O–H groups in total. The van der Waals surface area contributed by atoms with Crippen molar-refractivity contribution in [3.8, 4) is 0 Å². The van der Waals surface area contributed by atoms with Gasteiger partial charge in [-0.15, -0.1) is 0 Å². The fourth-order valence-corrected chi connectivity index (χ4v) is 2.70. The normalized spacial score (nSPS) is 15.5. The van der Waals surface area contributed by atoms with Gasteiger partial charge in [0.05, 0.1) is 0 Å². The van der Waals surface area contributed by atoms with Crippen LogP contribution in [0.4, 0.5) is 5.82 Å². The maximum Gasteiger partial charge on any atom is 0.251 e. The van der Waals surface area contributed by atoms with E-state index in [2.05, 4.69) is 15.7 Å². The smallest absolute Gasteiger partial charge is 0.251 e. The number of hydrazine groups is 1. The van der Waals surface area contributed by atoms with E-state index in [4.69, 9.17) is 17.4 Å². The number of nitrogens with one attached hydrogen (secondary N) is 2. The molecular weight excluding hydrogens is 264 g/mol. The molecule has 19 heavy (non-hydrogen) atoms. The molecule has 1 aliphatic carbocycles. The number of hydrogen-bond acceptors (Lipinski definition) is 4. The number of carbonyl (C=O) groups is 1. The lowest BCUT2D eigenvalue weighted by molar-refractivity contribution is 0.0951. The molecule has 0 spiro atoms. The molecule has 0 aliphatic heterocycles. The Kier molecular flexibility index (Phi) is 4.99. The predicted octanol–water partition coefficient (Wildman–Crippen LogP) is 2.33. The van der Waals surface area contributed by atoms with E-state index in [1.165, 1.54) is 31.7 Å². The first-order valence-corrected chi connectivity index (χ1v) is 6.99. The molecule has 1 heterocycles. The van der Waals surface area contributed by atoms with Gasteiger partial charge in [-0.2, -0.15) is 0 Å². The van der Waals surface area contributed by atoms with Gasteiger partial charge < -0.3 is 10.7 Å². The minimum absolute atomic E-state index is 0.140. The Balaban J connectivity index is 1.86. The Morgan fingerprint density at radius 2 is 2.16 bits per heavy atom. The minimum atomic E-state index is -0.140. The summed E-state index contributed by atoms with van der Waals surface area (Å²) in [6.07, 6.45) is 6.27. The van der Waals surface area contributed by atoms with Gasteiger partial charge in [-0.1, -0.05) is 37.3 Å². The van der Waals surface area contributed by atoms with Gasteiger partial charge in [0.25, 0.3) is 5.91 Å². The zero-order valence-corrected chi connectivity index (χ0v) is 11.5. The van der Waals surface area contributed by atoms with Crippen molar-refractivity contribution in [2.24, 2.45) is 11.8 Å². The summed E-state index contributed by atoms with van der Waals surface area (Å²) in [5, 5.41) is 3.16. The Hall–Kier alpha value is -1.33. The van der Waals surface area contributed by atoms with E-state index in [0.29, 0.717) is 17.9 Å². The molecule has 1 aliphatic rings. The second-order valence-corrected chi connectivity index (χ2v) is 5.29. The van der Waals surface area contributed by atoms with Crippen LogP contribution in [-0.4, -0.2) is 17.4 Å². The summed E-state index contributed by atoms with van der Waals surface area (Å²) in [4.78, 5) is 15.9. The average Bonchev–Trinajstić information content (AvgIpc) is 2.91. The second-order valence-electron chi connectivity index (χ2n) is 4.90. The summed E-state index contributed by atoms with van der Waals surface area (Å²) in [7, 11) is 0. The molecule has 0 aromatic carbocycles. The average molecular weight is 283 g/mol. The lowest BCUT2D eigenvalue weighted by Crippen LogP contribution is -2.26. The van der Waals surface area contributed by atoms with Crippen molar-refractivity contribution < 1.29 is 4.79 Å². The Morgan fingerprint density at radius 3 is 2.84 bits per heavy atom. The molecule has 5 nitrogen and oxygen atoms in total. The standard InChI is InChI=1S/C13H19ClN4O/c14-11-7-10(8-12(17-11)18-15)13(19)16-6-5-9-3-1-2-4-9/h7-9H,1-6,15H2,(H,16,19)(H,17,18). The topological polar surface area (TPSA) is 80.0 Å². The van der Waals surface area contributed by atoms with Crippen molar-refractivity contribution in [2.45, 2.75) is 32.1 Å². The number of nitrogens with two attached hydrogens (primary N) is 1. The van der Waals surface area contributed by atoms with Gasteiger partial charge in [-0.05, 0) is 24.5 Å². The number of amides is 1. The van der Waals surface area contributed by atoms with Crippen molar-refractivity contribution in [1.82, 2.24) is 10.3 Å². The highest BCUT2D eigenvalue weighted by Crippen LogP contribution is 2.26. The number of rotatable bonds is 5. The quantitative estimate of drug-likeness (QED) is 0.440. The van der Waals surface area contributed by atoms with E-state index in [-0.39, 0.29) is 11.1 Å². The fourth-order valence-electron chi connectivity index (χ4n) is 2.49. The third-order valence-corrected chi connectivity index (χ3v) is 3.71. The monoisotopic (exact) mass is 282 g/mol. The molecule has 2 rings (SSSR count). The van der Waals surface area contributed by atoms with Crippen molar-refractivity contribution >= 4 is 23.3 Å². The van der Waals surface area contributed by atoms with Crippen molar-refractivity contribution in [3.05, 3.63) is 22.8 Å².